The van der Waals surface area contributed by atoms with Crippen LogP contribution < -0.4 is 0 Å². The molecule has 2 aromatic carbocycles. The minimum Gasteiger partial charge on any atom is -0.355 e. The smallest absolute Gasteiger partial charge is 0.285 e. The highest BCUT2D eigenvalue weighted by Gasteiger charge is 2.36. The Morgan fingerprint density at radius 1 is 1.00 bits per heavy atom. The van der Waals surface area contributed by atoms with Crippen LogP contribution in [0.5, 0.6) is 0 Å². The van der Waals surface area contributed by atoms with Gasteiger partial charge >= 0.3 is 0 Å². The summed E-state index contributed by atoms with van der Waals surface area (Å²) in [6.45, 7) is 2.63. The molecule has 1 atom stereocenters. The number of nitrogens with zero attached hydrogens (tertiary/aromatic N) is 3. The zero-order valence-electron chi connectivity index (χ0n) is 16.1. The van der Waals surface area contributed by atoms with Crippen molar-refractivity contribution in [3.05, 3.63) is 65.2 Å². The van der Waals surface area contributed by atoms with Crippen molar-refractivity contribution in [2.75, 3.05) is 19.6 Å². The Bertz CT molecular complexity index is 1110. The summed E-state index contributed by atoms with van der Waals surface area (Å²) in [7, 11) is -3.64. The van der Waals surface area contributed by atoms with Gasteiger partial charge in [0.05, 0.1) is 5.92 Å². The molecule has 0 radical (unpaired) electrons. The summed E-state index contributed by atoms with van der Waals surface area (Å²) in [5.74, 6) is 0.521. The number of piperidine rings is 1. The molecule has 7 heteroatoms. The van der Waals surface area contributed by atoms with Crippen molar-refractivity contribution in [3.63, 3.8) is 0 Å². The number of carbonyl (C=O) groups is 1. The Kier molecular flexibility index (Phi) is 4.42. The number of carbonyl (C=O) groups excluding carboxylic acids is 1. The van der Waals surface area contributed by atoms with Crippen LogP contribution in [0.4, 0.5) is 0 Å². The van der Waals surface area contributed by atoms with E-state index >= 15 is 0 Å². The Hall–Kier alpha value is -2.67. The Labute approximate surface area is 170 Å². The van der Waals surface area contributed by atoms with E-state index in [0.717, 1.165) is 32.4 Å². The minimum atomic E-state index is -3.64. The van der Waals surface area contributed by atoms with Crippen LogP contribution >= 0.6 is 0 Å². The van der Waals surface area contributed by atoms with Gasteiger partial charge in [0.2, 0.25) is 5.91 Å². The number of fused-ring (bicyclic) bond motifs is 2. The van der Waals surface area contributed by atoms with Gasteiger partial charge in [0.1, 0.15) is 4.90 Å². The minimum absolute atomic E-state index is 0.132. The third kappa shape index (κ3) is 3.23. The maximum absolute atomic E-state index is 13.2. The van der Waals surface area contributed by atoms with E-state index in [1.807, 2.05) is 28.0 Å². The number of sulfonamides is 1. The highest BCUT2D eigenvalue weighted by atomic mass is 32.2. The number of hydrogen-bond acceptors (Lipinski definition) is 4. The third-order valence-electron chi connectivity index (χ3n) is 6.13. The highest BCUT2D eigenvalue weighted by molar-refractivity contribution is 7.90. The van der Waals surface area contributed by atoms with Crippen LogP contribution in [0.3, 0.4) is 0 Å². The fraction of sp³-hybridized carbons (Fsp3) is 0.364. The number of amides is 1. The van der Waals surface area contributed by atoms with Crippen LogP contribution in [0.2, 0.25) is 0 Å². The van der Waals surface area contributed by atoms with Gasteiger partial charge in [-0.1, -0.05) is 36.4 Å². The van der Waals surface area contributed by atoms with Crippen molar-refractivity contribution in [2.24, 2.45) is 10.3 Å². The summed E-state index contributed by atoms with van der Waals surface area (Å²) in [6, 6.07) is 15.2. The van der Waals surface area contributed by atoms with Crippen LogP contribution in [-0.2, 0) is 27.8 Å². The van der Waals surface area contributed by atoms with Gasteiger partial charge in [-0.3, -0.25) is 4.79 Å². The lowest BCUT2D eigenvalue weighted by Gasteiger charge is -2.37. The standard InChI is InChI=1S/C22H23N3O3S/c26-22(25-13-11-16-6-1-2-7-17(16)14-25)18-8-5-12-24(15-18)21-19-9-3-4-10-20(19)29(27,28)23-21/h1-4,6-7,9-10,18H,5,8,11-15H2. The fourth-order valence-electron chi connectivity index (χ4n) is 4.63. The molecule has 1 amide bonds. The van der Waals surface area contributed by atoms with Crippen LogP contribution in [0, 0.1) is 5.92 Å². The molecule has 150 valence electrons. The second-order valence-corrected chi connectivity index (χ2v) is 9.52. The van der Waals surface area contributed by atoms with E-state index in [1.54, 1.807) is 18.2 Å². The Morgan fingerprint density at radius 2 is 1.76 bits per heavy atom. The van der Waals surface area contributed by atoms with E-state index in [2.05, 4.69) is 16.5 Å². The Morgan fingerprint density at radius 3 is 2.62 bits per heavy atom. The summed E-state index contributed by atoms with van der Waals surface area (Å²) in [4.78, 5) is 17.4. The van der Waals surface area contributed by atoms with Gasteiger partial charge in [0.25, 0.3) is 10.0 Å². The maximum Gasteiger partial charge on any atom is 0.285 e. The summed E-state index contributed by atoms with van der Waals surface area (Å²) in [5, 5.41) is 0. The Balaban J connectivity index is 1.35. The van der Waals surface area contributed by atoms with Gasteiger partial charge in [-0.15, -0.1) is 4.40 Å². The van der Waals surface area contributed by atoms with Gasteiger partial charge in [-0.2, -0.15) is 8.42 Å². The first-order chi connectivity index (χ1) is 14.0. The highest BCUT2D eigenvalue weighted by Crippen LogP contribution is 2.30. The lowest BCUT2D eigenvalue weighted by Crippen LogP contribution is -2.47. The quantitative estimate of drug-likeness (QED) is 0.725. The van der Waals surface area contributed by atoms with Crippen molar-refractivity contribution in [1.29, 1.82) is 0 Å². The molecule has 3 aliphatic heterocycles. The van der Waals surface area contributed by atoms with E-state index in [4.69, 9.17) is 0 Å². The molecule has 5 rings (SSSR count). The van der Waals surface area contributed by atoms with E-state index in [-0.39, 0.29) is 16.7 Å². The summed E-state index contributed by atoms with van der Waals surface area (Å²) in [5.41, 5.74) is 3.19. The van der Waals surface area contributed by atoms with E-state index < -0.39 is 10.0 Å². The lowest BCUT2D eigenvalue weighted by molar-refractivity contribution is -0.137. The molecule has 2 aromatic rings. The van der Waals surface area contributed by atoms with Gasteiger partial charge in [-0.25, -0.2) is 0 Å². The van der Waals surface area contributed by atoms with Crippen LogP contribution in [0.15, 0.2) is 57.8 Å². The number of rotatable bonds is 1. The number of amidine groups is 1. The molecule has 0 aromatic heterocycles. The van der Waals surface area contributed by atoms with Crippen LogP contribution in [0.1, 0.15) is 29.5 Å². The first kappa shape index (κ1) is 18.4. The van der Waals surface area contributed by atoms with Crippen molar-refractivity contribution in [2.45, 2.75) is 30.7 Å². The monoisotopic (exact) mass is 409 g/mol. The van der Waals surface area contributed by atoms with E-state index in [0.29, 0.717) is 24.5 Å². The molecular formula is C22H23N3O3S. The first-order valence-corrected chi connectivity index (χ1v) is 11.5. The van der Waals surface area contributed by atoms with Crippen molar-refractivity contribution in [1.82, 2.24) is 9.80 Å². The second-order valence-electron chi connectivity index (χ2n) is 7.95. The molecule has 1 saturated heterocycles. The number of hydrogen-bond donors (Lipinski definition) is 0. The fourth-order valence-corrected chi connectivity index (χ4v) is 5.86. The molecule has 0 saturated carbocycles. The molecule has 6 nitrogen and oxygen atoms in total. The average molecular weight is 410 g/mol. The van der Waals surface area contributed by atoms with Crippen molar-refractivity contribution >= 4 is 21.8 Å². The van der Waals surface area contributed by atoms with Gasteiger partial charge in [0, 0.05) is 31.7 Å². The zero-order valence-corrected chi connectivity index (χ0v) is 16.9. The van der Waals surface area contributed by atoms with Crippen molar-refractivity contribution < 1.29 is 13.2 Å². The van der Waals surface area contributed by atoms with Crippen LogP contribution in [0.25, 0.3) is 0 Å². The van der Waals surface area contributed by atoms with Crippen molar-refractivity contribution in [3.8, 4) is 0 Å². The molecule has 1 fully saturated rings. The molecule has 3 aliphatic rings. The van der Waals surface area contributed by atoms with Gasteiger partial charge in [0.15, 0.2) is 5.84 Å². The molecule has 1 unspecified atom stereocenters. The lowest BCUT2D eigenvalue weighted by atomic mass is 9.93. The number of benzene rings is 2. The third-order valence-corrected chi connectivity index (χ3v) is 7.45. The average Bonchev–Trinajstić information content (AvgIpc) is 3.04. The second kappa shape index (κ2) is 6.99. The van der Waals surface area contributed by atoms with Gasteiger partial charge in [-0.05, 0) is 42.5 Å². The van der Waals surface area contributed by atoms with E-state index in [1.165, 1.54) is 11.1 Å². The molecular weight excluding hydrogens is 386 g/mol. The molecule has 0 N–H and O–H groups in total. The maximum atomic E-state index is 13.2. The summed E-state index contributed by atoms with van der Waals surface area (Å²) >= 11 is 0. The molecule has 0 spiro atoms. The molecule has 3 heterocycles. The molecule has 29 heavy (non-hydrogen) atoms. The van der Waals surface area contributed by atoms with Crippen LogP contribution in [-0.4, -0.2) is 49.6 Å². The topological polar surface area (TPSA) is 70.0 Å². The molecule has 0 aliphatic carbocycles. The van der Waals surface area contributed by atoms with E-state index in [9.17, 15) is 13.2 Å². The largest absolute Gasteiger partial charge is 0.355 e. The summed E-state index contributed by atoms with van der Waals surface area (Å²) in [6.07, 6.45) is 2.56. The predicted octanol–water partition coefficient (Wildman–Crippen LogP) is 2.43. The first-order valence-electron chi connectivity index (χ1n) is 10.1. The number of likely N-dealkylation sites (tertiary alicyclic amines) is 1. The summed E-state index contributed by atoms with van der Waals surface area (Å²) < 4.78 is 28.8. The normalized spacial score (nSPS) is 22.6. The SMILES string of the molecule is O=C(C1CCCN(C2=NS(=O)(=O)c3ccccc32)C1)N1CCc2ccccc2C1. The zero-order chi connectivity index (χ0) is 20.0. The predicted molar refractivity (Wildman–Crippen MR) is 110 cm³/mol. The van der Waals surface area contributed by atoms with Gasteiger partial charge < -0.3 is 9.80 Å². The molecule has 0 bridgehead atoms.